The van der Waals surface area contributed by atoms with Gasteiger partial charge in [-0.3, -0.25) is 14.2 Å². The lowest BCUT2D eigenvalue weighted by molar-refractivity contribution is -0.119. The van der Waals surface area contributed by atoms with Crippen molar-refractivity contribution in [1.29, 1.82) is 0 Å². The molecular formula is C27H19F4N3O7S2. The Morgan fingerprint density at radius 1 is 0.628 bits per heavy atom. The Hall–Kier alpha value is -4.96. The summed E-state index contributed by atoms with van der Waals surface area (Å²) >= 11 is 0. The number of amides is 1. The predicted molar refractivity (Wildman–Crippen MR) is 146 cm³/mol. The summed E-state index contributed by atoms with van der Waals surface area (Å²) in [5.74, 6) is -5.50. The Kier molecular flexibility index (Phi) is 9.01. The van der Waals surface area contributed by atoms with Crippen LogP contribution in [-0.4, -0.2) is 35.3 Å². The highest BCUT2D eigenvalue weighted by atomic mass is 32.2. The van der Waals surface area contributed by atoms with E-state index in [0.29, 0.717) is 6.07 Å². The number of ether oxygens (including phenoxy) is 1. The van der Waals surface area contributed by atoms with Gasteiger partial charge in [-0.15, -0.1) is 0 Å². The van der Waals surface area contributed by atoms with Crippen LogP contribution in [0.15, 0.2) is 94.7 Å². The third-order valence-electron chi connectivity index (χ3n) is 5.46. The molecule has 0 spiro atoms. The minimum atomic E-state index is -4.38. The van der Waals surface area contributed by atoms with Gasteiger partial charge in [-0.25, -0.2) is 39.2 Å². The van der Waals surface area contributed by atoms with Gasteiger partial charge < -0.3 is 10.1 Å². The fourth-order valence-corrected chi connectivity index (χ4v) is 5.59. The van der Waals surface area contributed by atoms with Gasteiger partial charge in [0, 0.05) is 6.07 Å². The van der Waals surface area contributed by atoms with Gasteiger partial charge >= 0.3 is 5.97 Å². The Morgan fingerprint density at radius 2 is 1.09 bits per heavy atom. The van der Waals surface area contributed by atoms with Crippen LogP contribution in [0.1, 0.15) is 10.4 Å². The lowest BCUT2D eigenvalue weighted by Crippen LogP contribution is -2.22. The van der Waals surface area contributed by atoms with Gasteiger partial charge in [-0.1, -0.05) is 0 Å². The van der Waals surface area contributed by atoms with Gasteiger partial charge in [0.15, 0.2) is 6.61 Å². The van der Waals surface area contributed by atoms with Crippen LogP contribution in [-0.2, 0) is 29.6 Å². The standard InChI is InChI=1S/C27H19F4N3O7S2/c28-17-1-6-22(7-2-17)42(37,38)33-20-11-16(12-21(14-20)34-43(39,40)23-8-3-18(29)4-9-23)27(36)41-15-26(35)32-25-13-19(30)5-10-24(25)31/h1-14,33-34H,15H2,(H,32,35). The summed E-state index contributed by atoms with van der Waals surface area (Å²) in [4.78, 5) is 24.2. The number of rotatable bonds is 10. The first-order valence-corrected chi connectivity index (χ1v) is 14.8. The van der Waals surface area contributed by atoms with E-state index in [-0.39, 0.29) is 21.2 Å². The van der Waals surface area contributed by atoms with Crippen molar-refractivity contribution < 1.29 is 48.7 Å². The number of carbonyl (C=O) groups is 2. The molecule has 3 N–H and O–H groups in total. The molecule has 0 aliphatic carbocycles. The van der Waals surface area contributed by atoms with Gasteiger partial charge in [0.25, 0.3) is 26.0 Å². The van der Waals surface area contributed by atoms with E-state index in [1.807, 2.05) is 5.32 Å². The van der Waals surface area contributed by atoms with Crippen molar-refractivity contribution in [3.63, 3.8) is 0 Å². The molecule has 0 heterocycles. The van der Waals surface area contributed by atoms with Gasteiger partial charge in [0.05, 0.1) is 32.4 Å². The van der Waals surface area contributed by atoms with Crippen molar-refractivity contribution in [2.45, 2.75) is 9.79 Å². The van der Waals surface area contributed by atoms with E-state index < -0.39 is 73.0 Å². The number of benzene rings is 4. The molecule has 0 saturated carbocycles. The Labute approximate surface area is 242 Å². The molecule has 0 unspecified atom stereocenters. The van der Waals surface area contributed by atoms with Crippen molar-refractivity contribution >= 4 is 49.0 Å². The smallest absolute Gasteiger partial charge is 0.338 e. The van der Waals surface area contributed by atoms with Crippen molar-refractivity contribution in [1.82, 2.24) is 0 Å². The number of anilines is 3. The molecule has 0 aliphatic rings. The number of esters is 1. The SMILES string of the molecule is O=C(COC(=O)c1cc(NS(=O)(=O)c2ccc(F)cc2)cc(NS(=O)(=O)c2ccc(F)cc2)c1)Nc1cc(F)ccc1F. The first-order valence-electron chi connectivity index (χ1n) is 11.9. The minimum absolute atomic E-state index is 0.345. The number of carbonyl (C=O) groups excluding carboxylic acids is 2. The Bertz CT molecular complexity index is 1810. The van der Waals surface area contributed by atoms with Gasteiger partial charge in [0.1, 0.15) is 23.3 Å². The third kappa shape index (κ3) is 8.08. The van der Waals surface area contributed by atoms with E-state index in [2.05, 4.69) is 9.44 Å². The van der Waals surface area contributed by atoms with E-state index in [1.54, 1.807) is 0 Å². The highest BCUT2D eigenvalue weighted by Crippen LogP contribution is 2.25. The zero-order valence-corrected chi connectivity index (χ0v) is 23.1. The molecule has 0 aromatic heterocycles. The maximum atomic E-state index is 13.8. The fraction of sp³-hybridized carbons (Fsp3) is 0.0370. The third-order valence-corrected chi connectivity index (χ3v) is 8.25. The van der Waals surface area contributed by atoms with E-state index >= 15 is 0 Å². The second-order valence-electron chi connectivity index (χ2n) is 8.67. The summed E-state index contributed by atoms with van der Waals surface area (Å²) in [5.41, 5.74) is -1.65. The monoisotopic (exact) mass is 637 g/mol. The summed E-state index contributed by atoms with van der Waals surface area (Å²) in [6.45, 7) is -0.989. The average molecular weight is 638 g/mol. The number of hydrogen-bond acceptors (Lipinski definition) is 7. The molecule has 0 bridgehead atoms. The van der Waals surface area contributed by atoms with Gasteiger partial charge in [-0.05, 0) is 78.9 Å². The van der Waals surface area contributed by atoms with E-state index in [1.165, 1.54) is 0 Å². The van der Waals surface area contributed by atoms with Crippen molar-refractivity contribution in [2.24, 2.45) is 0 Å². The van der Waals surface area contributed by atoms with Crippen LogP contribution in [0.3, 0.4) is 0 Å². The molecule has 0 saturated heterocycles. The summed E-state index contributed by atoms with van der Waals surface area (Å²) < 4.78 is 114. The molecule has 4 rings (SSSR count). The molecule has 4 aromatic rings. The van der Waals surface area contributed by atoms with E-state index in [0.717, 1.165) is 78.9 Å². The van der Waals surface area contributed by atoms with Crippen LogP contribution >= 0.6 is 0 Å². The van der Waals surface area contributed by atoms with Crippen molar-refractivity contribution in [3.05, 3.63) is 114 Å². The number of hydrogen-bond donors (Lipinski definition) is 3. The molecule has 0 fully saturated rings. The Balaban J connectivity index is 1.60. The molecule has 43 heavy (non-hydrogen) atoms. The van der Waals surface area contributed by atoms with Crippen LogP contribution in [0.25, 0.3) is 0 Å². The molecule has 16 heteroatoms. The van der Waals surface area contributed by atoms with Crippen LogP contribution in [0.2, 0.25) is 0 Å². The largest absolute Gasteiger partial charge is 0.452 e. The second kappa shape index (κ2) is 12.5. The lowest BCUT2D eigenvalue weighted by atomic mass is 10.2. The van der Waals surface area contributed by atoms with E-state index in [9.17, 15) is 44.0 Å². The highest BCUT2D eigenvalue weighted by molar-refractivity contribution is 7.93. The number of sulfonamides is 2. The second-order valence-corrected chi connectivity index (χ2v) is 12.0. The Morgan fingerprint density at radius 3 is 1.58 bits per heavy atom. The summed E-state index contributed by atoms with van der Waals surface area (Å²) in [6.07, 6.45) is 0. The van der Waals surface area contributed by atoms with E-state index in [4.69, 9.17) is 4.74 Å². The molecule has 4 aromatic carbocycles. The summed E-state index contributed by atoms with van der Waals surface area (Å²) in [7, 11) is -8.75. The predicted octanol–water partition coefficient (Wildman–Crippen LogP) is 4.64. The zero-order valence-electron chi connectivity index (χ0n) is 21.5. The fourth-order valence-electron chi connectivity index (χ4n) is 3.51. The lowest BCUT2D eigenvalue weighted by Gasteiger charge is -2.14. The quantitative estimate of drug-likeness (QED) is 0.170. The number of nitrogens with one attached hydrogen (secondary N) is 3. The van der Waals surface area contributed by atoms with Crippen LogP contribution in [0.5, 0.6) is 0 Å². The minimum Gasteiger partial charge on any atom is -0.452 e. The summed E-state index contributed by atoms with van der Waals surface area (Å²) in [5, 5.41) is 2.02. The molecule has 224 valence electrons. The van der Waals surface area contributed by atoms with Crippen molar-refractivity contribution in [3.8, 4) is 0 Å². The van der Waals surface area contributed by atoms with Crippen LogP contribution < -0.4 is 14.8 Å². The maximum absolute atomic E-state index is 13.8. The molecule has 1 amide bonds. The topological polar surface area (TPSA) is 148 Å². The van der Waals surface area contributed by atoms with Crippen LogP contribution in [0, 0.1) is 23.3 Å². The molecule has 0 atom stereocenters. The molecule has 10 nitrogen and oxygen atoms in total. The zero-order chi connectivity index (χ0) is 31.4. The summed E-state index contributed by atoms with van der Waals surface area (Å²) in [6, 6.07) is 12.7. The normalized spacial score (nSPS) is 11.4. The molecular weight excluding hydrogens is 618 g/mol. The first kappa shape index (κ1) is 31.0. The maximum Gasteiger partial charge on any atom is 0.338 e. The van der Waals surface area contributed by atoms with Crippen molar-refractivity contribution in [2.75, 3.05) is 21.4 Å². The first-order chi connectivity index (χ1) is 20.2. The van der Waals surface area contributed by atoms with Crippen LogP contribution in [0.4, 0.5) is 34.6 Å². The molecule has 0 radical (unpaired) electrons. The van der Waals surface area contributed by atoms with Gasteiger partial charge in [0.2, 0.25) is 0 Å². The average Bonchev–Trinajstić information content (AvgIpc) is 2.93. The van der Waals surface area contributed by atoms with Gasteiger partial charge in [-0.2, -0.15) is 0 Å². The number of halogens is 4. The highest BCUT2D eigenvalue weighted by Gasteiger charge is 2.21. The molecule has 0 aliphatic heterocycles.